The van der Waals surface area contributed by atoms with Crippen molar-refractivity contribution in [2.75, 3.05) is 13.1 Å². The molecule has 2 N–H and O–H groups in total. The zero-order valence-corrected chi connectivity index (χ0v) is 12.8. The number of likely N-dealkylation sites (tertiary alicyclic amines) is 1. The van der Waals surface area contributed by atoms with E-state index in [1.54, 1.807) is 6.26 Å². The van der Waals surface area contributed by atoms with Crippen molar-refractivity contribution in [3.8, 4) is 11.5 Å². The van der Waals surface area contributed by atoms with Crippen LogP contribution in [0.4, 0.5) is 0 Å². The maximum Gasteiger partial charge on any atom is 0.202 e. The fourth-order valence-corrected chi connectivity index (χ4v) is 2.92. The number of nitrogens with two attached hydrogens (primary N) is 1. The Kier molecular flexibility index (Phi) is 5.85. The molecule has 0 amide bonds. The molecule has 0 saturated carbocycles. The van der Waals surface area contributed by atoms with Crippen molar-refractivity contribution in [1.82, 2.24) is 10.1 Å². The predicted octanol–water partition coefficient (Wildman–Crippen LogP) is 3.06. The zero-order chi connectivity index (χ0) is 13.8. The van der Waals surface area contributed by atoms with Crippen molar-refractivity contribution in [3.05, 3.63) is 30.2 Å². The molecule has 1 fully saturated rings. The van der Waals surface area contributed by atoms with E-state index in [0.717, 1.165) is 37.5 Å². The van der Waals surface area contributed by atoms with Gasteiger partial charge in [0.25, 0.3) is 0 Å². The standard InChI is InChI=1S/C15H21N3O2.ClH/c16-7-6-13-4-1-2-8-18(13)11-12-10-15(20-17-12)14-5-3-9-19-14;/h3,5,9-10,13H,1-2,4,6-8,11,16H2;1H. The van der Waals surface area contributed by atoms with E-state index in [-0.39, 0.29) is 12.4 Å². The minimum atomic E-state index is 0. The van der Waals surface area contributed by atoms with E-state index in [2.05, 4.69) is 10.1 Å². The Morgan fingerprint density at radius 2 is 2.24 bits per heavy atom. The summed E-state index contributed by atoms with van der Waals surface area (Å²) >= 11 is 0. The van der Waals surface area contributed by atoms with E-state index in [0.29, 0.717) is 11.8 Å². The van der Waals surface area contributed by atoms with Crippen molar-refractivity contribution in [2.45, 2.75) is 38.3 Å². The largest absolute Gasteiger partial charge is 0.461 e. The minimum absolute atomic E-state index is 0. The van der Waals surface area contributed by atoms with Gasteiger partial charge in [-0.1, -0.05) is 11.6 Å². The molecule has 0 radical (unpaired) electrons. The highest BCUT2D eigenvalue weighted by Crippen LogP contribution is 2.24. The van der Waals surface area contributed by atoms with Crippen molar-refractivity contribution in [2.24, 2.45) is 5.73 Å². The Morgan fingerprint density at radius 1 is 1.33 bits per heavy atom. The van der Waals surface area contributed by atoms with Gasteiger partial charge in [0.2, 0.25) is 5.76 Å². The van der Waals surface area contributed by atoms with Crippen LogP contribution in [0.1, 0.15) is 31.4 Å². The number of rotatable bonds is 5. The molecule has 21 heavy (non-hydrogen) atoms. The number of hydrogen-bond donors (Lipinski definition) is 1. The number of furan rings is 1. The van der Waals surface area contributed by atoms with Crippen molar-refractivity contribution < 1.29 is 8.94 Å². The molecule has 1 saturated heterocycles. The normalized spacial score (nSPS) is 19.4. The molecule has 1 aliphatic rings. The SMILES string of the molecule is Cl.NCCC1CCCCN1Cc1cc(-c2ccco2)on1. The summed E-state index contributed by atoms with van der Waals surface area (Å²) in [5.74, 6) is 1.42. The van der Waals surface area contributed by atoms with Gasteiger partial charge in [-0.2, -0.15) is 0 Å². The van der Waals surface area contributed by atoms with E-state index >= 15 is 0 Å². The Morgan fingerprint density at radius 3 is 3.00 bits per heavy atom. The van der Waals surface area contributed by atoms with E-state index in [1.807, 2.05) is 18.2 Å². The molecule has 0 aromatic carbocycles. The van der Waals surface area contributed by atoms with E-state index < -0.39 is 0 Å². The molecule has 6 heteroatoms. The van der Waals surface area contributed by atoms with Crippen LogP contribution in [-0.2, 0) is 6.54 Å². The lowest BCUT2D eigenvalue weighted by atomic mass is 9.99. The Hall–Kier alpha value is -1.30. The van der Waals surface area contributed by atoms with E-state index in [9.17, 15) is 0 Å². The second kappa shape index (κ2) is 7.64. The minimum Gasteiger partial charge on any atom is -0.461 e. The first-order valence-electron chi connectivity index (χ1n) is 7.30. The van der Waals surface area contributed by atoms with Gasteiger partial charge in [-0.15, -0.1) is 12.4 Å². The van der Waals surface area contributed by atoms with Gasteiger partial charge in [-0.05, 0) is 44.5 Å². The van der Waals surface area contributed by atoms with Gasteiger partial charge in [0.05, 0.1) is 12.0 Å². The summed E-state index contributed by atoms with van der Waals surface area (Å²) in [6.45, 7) is 2.69. The predicted molar refractivity (Wildman–Crippen MR) is 83.2 cm³/mol. The second-order valence-corrected chi connectivity index (χ2v) is 5.36. The highest BCUT2D eigenvalue weighted by atomic mass is 35.5. The van der Waals surface area contributed by atoms with Crippen LogP contribution in [0.2, 0.25) is 0 Å². The van der Waals surface area contributed by atoms with Crippen LogP contribution in [-0.4, -0.2) is 29.2 Å². The van der Waals surface area contributed by atoms with Gasteiger partial charge in [0, 0.05) is 18.7 Å². The average Bonchev–Trinajstić information content (AvgIpc) is 3.12. The summed E-state index contributed by atoms with van der Waals surface area (Å²) in [7, 11) is 0. The maximum absolute atomic E-state index is 5.71. The van der Waals surface area contributed by atoms with Gasteiger partial charge in [0.15, 0.2) is 5.76 Å². The summed E-state index contributed by atoms with van der Waals surface area (Å²) < 4.78 is 10.7. The van der Waals surface area contributed by atoms with Crippen molar-refractivity contribution in [3.63, 3.8) is 0 Å². The number of piperidine rings is 1. The van der Waals surface area contributed by atoms with Gasteiger partial charge in [0.1, 0.15) is 0 Å². The first-order chi connectivity index (χ1) is 9.86. The smallest absolute Gasteiger partial charge is 0.202 e. The lowest BCUT2D eigenvalue weighted by molar-refractivity contribution is 0.131. The molecule has 0 aliphatic carbocycles. The fourth-order valence-electron chi connectivity index (χ4n) is 2.92. The third kappa shape index (κ3) is 3.87. The number of aromatic nitrogens is 1. The van der Waals surface area contributed by atoms with Crippen LogP contribution in [0.5, 0.6) is 0 Å². The molecule has 0 spiro atoms. The quantitative estimate of drug-likeness (QED) is 0.919. The van der Waals surface area contributed by atoms with Crippen LogP contribution < -0.4 is 5.73 Å². The molecule has 3 heterocycles. The molecule has 2 aromatic rings. The van der Waals surface area contributed by atoms with Gasteiger partial charge in [-0.25, -0.2) is 0 Å². The summed E-state index contributed by atoms with van der Waals surface area (Å²) in [6.07, 6.45) is 6.49. The van der Waals surface area contributed by atoms with Crippen LogP contribution in [0.3, 0.4) is 0 Å². The molecule has 1 aliphatic heterocycles. The summed E-state index contributed by atoms with van der Waals surface area (Å²) in [5, 5.41) is 4.15. The lowest BCUT2D eigenvalue weighted by Crippen LogP contribution is -2.40. The highest BCUT2D eigenvalue weighted by molar-refractivity contribution is 5.85. The summed E-state index contributed by atoms with van der Waals surface area (Å²) in [6, 6.07) is 6.27. The molecule has 2 aromatic heterocycles. The van der Waals surface area contributed by atoms with Gasteiger partial charge < -0.3 is 14.7 Å². The second-order valence-electron chi connectivity index (χ2n) is 5.36. The van der Waals surface area contributed by atoms with Gasteiger partial charge in [-0.3, -0.25) is 4.90 Å². The summed E-state index contributed by atoms with van der Waals surface area (Å²) in [4.78, 5) is 2.47. The molecule has 1 unspecified atom stereocenters. The number of nitrogens with zero attached hydrogens (tertiary/aromatic N) is 2. The van der Waals surface area contributed by atoms with Crippen LogP contribution >= 0.6 is 12.4 Å². The molecule has 116 valence electrons. The Bertz CT molecular complexity index is 525. The molecule has 3 rings (SSSR count). The monoisotopic (exact) mass is 311 g/mol. The molecular weight excluding hydrogens is 290 g/mol. The van der Waals surface area contributed by atoms with Crippen LogP contribution in [0.25, 0.3) is 11.5 Å². The molecule has 1 atom stereocenters. The first-order valence-corrected chi connectivity index (χ1v) is 7.30. The average molecular weight is 312 g/mol. The topological polar surface area (TPSA) is 68.4 Å². The Balaban J connectivity index is 0.00000161. The highest BCUT2D eigenvalue weighted by Gasteiger charge is 2.23. The van der Waals surface area contributed by atoms with Crippen LogP contribution in [0.15, 0.2) is 33.4 Å². The molecule has 5 nitrogen and oxygen atoms in total. The fraction of sp³-hybridized carbons (Fsp3) is 0.533. The zero-order valence-electron chi connectivity index (χ0n) is 12.0. The summed E-state index contributed by atoms with van der Waals surface area (Å²) in [5.41, 5.74) is 6.67. The van der Waals surface area contributed by atoms with E-state index in [4.69, 9.17) is 14.7 Å². The maximum atomic E-state index is 5.71. The molecular formula is C15H22ClN3O2. The third-order valence-electron chi connectivity index (χ3n) is 3.94. The third-order valence-corrected chi connectivity index (χ3v) is 3.94. The van der Waals surface area contributed by atoms with E-state index in [1.165, 1.54) is 19.3 Å². The van der Waals surface area contributed by atoms with Crippen molar-refractivity contribution >= 4 is 12.4 Å². The lowest BCUT2D eigenvalue weighted by Gasteiger charge is -2.34. The molecule has 0 bridgehead atoms. The van der Waals surface area contributed by atoms with Crippen LogP contribution in [0, 0.1) is 0 Å². The number of hydrogen-bond acceptors (Lipinski definition) is 5. The first kappa shape index (κ1) is 16.1. The van der Waals surface area contributed by atoms with Crippen molar-refractivity contribution in [1.29, 1.82) is 0 Å². The Labute approximate surface area is 130 Å². The number of halogens is 1. The van der Waals surface area contributed by atoms with Gasteiger partial charge >= 0.3 is 0 Å².